The standard InChI is InChI=1S/C7H15NO2/c1-5-6(8(2)3)7(9)10-4/h6H,5H2,1-4H3/t6-/m0/s1. The van der Waals surface area contributed by atoms with Crippen LogP contribution in [0.4, 0.5) is 0 Å². The van der Waals surface area contributed by atoms with Crippen molar-refractivity contribution >= 4 is 5.97 Å². The monoisotopic (exact) mass is 145 g/mol. The van der Waals surface area contributed by atoms with Gasteiger partial charge in [-0.15, -0.1) is 0 Å². The molecule has 10 heavy (non-hydrogen) atoms. The topological polar surface area (TPSA) is 29.5 Å². The van der Waals surface area contributed by atoms with Crippen LogP contribution in [0.25, 0.3) is 0 Å². The van der Waals surface area contributed by atoms with E-state index in [-0.39, 0.29) is 12.0 Å². The van der Waals surface area contributed by atoms with Gasteiger partial charge in [0.15, 0.2) is 0 Å². The Morgan fingerprint density at radius 1 is 1.60 bits per heavy atom. The van der Waals surface area contributed by atoms with E-state index in [4.69, 9.17) is 0 Å². The first-order valence-corrected chi connectivity index (χ1v) is 3.37. The molecule has 0 spiro atoms. The van der Waals surface area contributed by atoms with Crippen molar-refractivity contribution in [3.8, 4) is 0 Å². The molecule has 0 unspecified atom stereocenters. The third-order valence-corrected chi connectivity index (χ3v) is 1.48. The van der Waals surface area contributed by atoms with Crippen molar-refractivity contribution in [3.63, 3.8) is 0 Å². The number of ether oxygens (including phenoxy) is 1. The smallest absolute Gasteiger partial charge is 0.323 e. The van der Waals surface area contributed by atoms with Gasteiger partial charge in [0.1, 0.15) is 6.04 Å². The first kappa shape index (κ1) is 9.43. The summed E-state index contributed by atoms with van der Waals surface area (Å²) < 4.78 is 4.58. The fourth-order valence-corrected chi connectivity index (χ4v) is 0.879. The third kappa shape index (κ3) is 2.35. The maximum atomic E-state index is 10.9. The molecule has 0 fully saturated rings. The number of carbonyl (C=O) groups excluding carboxylic acids is 1. The van der Waals surface area contributed by atoms with E-state index in [1.165, 1.54) is 7.11 Å². The van der Waals surface area contributed by atoms with Gasteiger partial charge in [-0.05, 0) is 20.5 Å². The van der Waals surface area contributed by atoms with Crippen LogP contribution in [0.2, 0.25) is 0 Å². The van der Waals surface area contributed by atoms with Crippen LogP contribution in [0.3, 0.4) is 0 Å². The molecule has 0 saturated heterocycles. The minimum atomic E-state index is -0.160. The molecule has 0 aliphatic rings. The fourth-order valence-electron chi connectivity index (χ4n) is 0.879. The van der Waals surface area contributed by atoms with Gasteiger partial charge < -0.3 is 4.74 Å². The fraction of sp³-hybridized carbons (Fsp3) is 0.857. The van der Waals surface area contributed by atoms with Crippen LogP contribution in [-0.2, 0) is 9.53 Å². The Hall–Kier alpha value is -0.570. The second-order valence-electron chi connectivity index (χ2n) is 2.41. The van der Waals surface area contributed by atoms with Crippen LogP contribution in [0.5, 0.6) is 0 Å². The summed E-state index contributed by atoms with van der Waals surface area (Å²) in [7, 11) is 5.14. The molecule has 3 nitrogen and oxygen atoms in total. The SMILES string of the molecule is CC[C@@H](C(=O)OC)N(C)C. The minimum absolute atomic E-state index is 0.0926. The molecule has 0 aromatic rings. The Labute approximate surface area is 62.0 Å². The Bertz CT molecular complexity index is 112. The molecule has 0 amide bonds. The Morgan fingerprint density at radius 2 is 2.10 bits per heavy atom. The Kier molecular flexibility index (Phi) is 4.03. The summed E-state index contributed by atoms with van der Waals surface area (Å²) in [5, 5.41) is 0. The van der Waals surface area contributed by atoms with E-state index in [0.29, 0.717) is 0 Å². The molecular weight excluding hydrogens is 130 g/mol. The van der Waals surface area contributed by atoms with Gasteiger partial charge in [-0.2, -0.15) is 0 Å². The zero-order valence-corrected chi connectivity index (χ0v) is 7.05. The number of esters is 1. The van der Waals surface area contributed by atoms with Crippen LogP contribution in [0.1, 0.15) is 13.3 Å². The van der Waals surface area contributed by atoms with E-state index in [1.54, 1.807) is 0 Å². The van der Waals surface area contributed by atoms with Crippen LogP contribution < -0.4 is 0 Å². The maximum Gasteiger partial charge on any atom is 0.323 e. The first-order chi connectivity index (χ1) is 4.63. The van der Waals surface area contributed by atoms with Crippen molar-refractivity contribution in [1.82, 2.24) is 4.90 Å². The second kappa shape index (κ2) is 4.28. The summed E-state index contributed by atoms with van der Waals surface area (Å²) >= 11 is 0. The molecule has 0 radical (unpaired) electrons. The van der Waals surface area contributed by atoms with E-state index in [1.807, 2.05) is 25.9 Å². The second-order valence-corrected chi connectivity index (χ2v) is 2.41. The van der Waals surface area contributed by atoms with Gasteiger partial charge in [0.25, 0.3) is 0 Å². The first-order valence-electron chi connectivity index (χ1n) is 3.37. The van der Waals surface area contributed by atoms with Crippen LogP contribution in [0.15, 0.2) is 0 Å². The number of likely N-dealkylation sites (N-methyl/N-ethyl adjacent to an activating group) is 1. The molecule has 0 heterocycles. The van der Waals surface area contributed by atoms with Crippen molar-refractivity contribution in [1.29, 1.82) is 0 Å². The molecule has 1 atom stereocenters. The molecule has 0 aliphatic heterocycles. The highest BCUT2D eigenvalue weighted by molar-refractivity contribution is 5.75. The van der Waals surface area contributed by atoms with E-state index in [2.05, 4.69) is 4.74 Å². The van der Waals surface area contributed by atoms with Crippen molar-refractivity contribution in [2.24, 2.45) is 0 Å². The molecule has 0 saturated carbocycles. The highest BCUT2D eigenvalue weighted by atomic mass is 16.5. The van der Waals surface area contributed by atoms with E-state index in [0.717, 1.165) is 6.42 Å². The van der Waals surface area contributed by atoms with Crippen molar-refractivity contribution in [2.45, 2.75) is 19.4 Å². The summed E-state index contributed by atoms with van der Waals surface area (Å²) in [6.07, 6.45) is 0.791. The van der Waals surface area contributed by atoms with Crippen molar-refractivity contribution in [2.75, 3.05) is 21.2 Å². The largest absolute Gasteiger partial charge is 0.468 e. The predicted octanol–water partition coefficient (Wildman–Crippen LogP) is 0.500. The van der Waals surface area contributed by atoms with E-state index < -0.39 is 0 Å². The number of rotatable bonds is 3. The van der Waals surface area contributed by atoms with E-state index in [9.17, 15) is 4.79 Å². The number of hydrogen-bond donors (Lipinski definition) is 0. The highest BCUT2D eigenvalue weighted by Crippen LogP contribution is 1.99. The summed E-state index contributed by atoms with van der Waals surface area (Å²) in [6, 6.07) is -0.0926. The van der Waals surface area contributed by atoms with Gasteiger partial charge in [0.05, 0.1) is 7.11 Å². The average molecular weight is 145 g/mol. The zero-order valence-electron chi connectivity index (χ0n) is 7.05. The summed E-state index contributed by atoms with van der Waals surface area (Å²) in [5.74, 6) is -0.160. The third-order valence-electron chi connectivity index (χ3n) is 1.48. The molecule has 0 aliphatic carbocycles. The molecule has 0 N–H and O–H groups in total. The van der Waals surface area contributed by atoms with Gasteiger partial charge in [-0.1, -0.05) is 6.92 Å². The van der Waals surface area contributed by atoms with Crippen LogP contribution >= 0.6 is 0 Å². The zero-order chi connectivity index (χ0) is 8.15. The Balaban J connectivity index is 3.93. The molecule has 60 valence electrons. The summed E-state index contributed by atoms with van der Waals surface area (Å²) in [4.78, 5) is 12.8. The molecule has 0 aromatic carbocycles. The lowest BCUT2D eigenvalue weighted by Crippen LogP contribution is -2.35. The molecular formula is C7H15NO2. The van der Waals surface area contributed by atoms with Gasteiger partial charge in [-0.25, -0.2) is 0 Å². The van der Waals surface area contributed by atoms with Gasteiger partial charge in [0, 0.05) is 0 Å². The average Bonchev–Trinajstić information content (AvgIpc) is 1.88. The predicted molar refractivity (Wildman–Crippen MR) is 39.8 cm³/mol. The van der Waals surface area contributed by atoms with Gasteiger partial charge in [0.2, 0.25) is 0 Å². The highest BCUT2D eigenvalue weighted by Gasteiger charge is 2.18. The van der Waals surface area contributed by atoms with Crippen LogP contribution in [0, 0.1) is 0 Å². The lowest BCUT2D eigenvalue weighted by Gasteiger charge is -2.19. The number of methoxy groups -OCH3 is 1. The lowest BCUT2D eigenvalue weighted by molar-refractivity contribution is -0.146. The van der Waals surface area contributed by atoms with Crippen molar-refractivity contribution in [3.05, 3.63) is 0 Å². The maximum absolute atomic E-state index is 10.9. The Morgan fingerprint density at radius 3 is 2.20 bits per heavy atom. The van der Waals surface area contributed by atoms with Gasteiger partial charge >= 0.3 is 5.97 Å². The lowest BCUT2D eigenvalue weighted by atomic mass is 10.2. The molecule has 0 rings (SSSR count). The molecule has 0 bridgehead atoms. The number of hydrogen-bond acceptors (Lipinski definition) is 3. The number of carbonyl (C=O) groups is 1. The van der Waals surface area contributed by atoms with Crippen molar-refractivity contribution < 1.29 is 9.53 Å². The minimum Gasteiger partial charge on any atom is -0.468 e. The summed E-state index contributed by atoms with van der Waals surface area (Å²) in [5.41, 5.74) is 0. The normalized spacial score (nSPS) is 13.3. The quantitative estimate of drug-likeness (QED) is 0.542. The number of nitrogens with zero attached hydrogens (tertiary/aromatic N) is 1. The molecule has 3 heteroatoms. The van der Waals surface area contributed by atoms with Crippen LogP contribution in [-0.4, -0.2) is 38.1 Å². The molecule has 0 aromatic heterocycles. The van der Waals surface area contributed by atoms with Gasteiger partial charge in [-0.3, -0.25) is 9.69 Å². The summed E-state index contributed by atoms with van der Waals surface area (Å²) in [6.45, 7) is 1.96. The van der Waals surface area contributed by atoms with E-state index >= 15 is 0 Å².